The number of halogens is 3. The Labute approximate surface area is 94.4 Å². The largest absolute Gasteiger partial charge is 0.468 e. The van der Waals surface area contributed by atoms with Crippen molar-refractivity contribution in [2.75, 3.05) is 13.7 Å². The Balaban J connectivity index is 2.86. The van der Waals surface area contributed by atoms with Gasteiger partial charge in [-0.05, 0) is 0 Å². The molecule has 0 aliphatic carbocycles. The number of nitrogens with one attached hydrogen (secondary N) is 1. The number of carbonyl (C=O) groups excluding carboxylic acids is 2. The lowest BCUT2D eigenvalue weighted by molar-refractivity contribution is -0.139. The number of amides is 1. The van der Waals surface area contributed by atoms with E-state index in [0.29, 0.717) is 12.1 Å². The summed E-state index contributed by atoms with van der Waals surface area (Å²) in [5, 5.41) is 1.93. The molecule has 0 bridgehead atoms. The first kappa shape index (κ1) is 13.0. The molecule has 0 spiro atoms. The minimum atomic E-state index is -1.34. The molecule has 1 amide bonds. The van der Waals surface area contributed by atoms with Crippen molar-refractivity contribution in [1.29, 1.82) is 0 Å². The highest BCUT2D eigenvalue weighted by Gasteiger charge is 2.19. The van der Waals surface area contributed by atoms with Crippen molar-refractivity contribution < 1.29 is 27.5 Å². The van der Waals surface area contributed by atoms with Crippen molar-refractivity contribution in [1.82, 2.24) is 5.32 Å². The molecule has 0 unspecified atom stereocenters. The van der Waals surface area contributed by atoms with Gasteiger partial charge in [0, 0.05) is 12.1 Å². The average molecular weight is 247 g/mol. The van der Waals surface area contributed by atoms with Crippen LogP contribution in [0.4, 0.5) is 13.2 Å². The Morgan fingerprint density at radius 3 is 2.24 bits per heavy atom. The molecule has 92 valence electrons. The van der Waals surface area contributed by atoms with Crippen molar-refractivity contribution in [2.45, 2.75) is 0 Å². The van der Waals surface area contributed by atoms with E-state index in [0.717, 1.165) is 7.11 Å². The van der Waals surface area contributed by atoms with Crippen molar-refractivity contribution in [2.24, 2.45) is 0 Å². The van der Waals surface area contributed by atoms with Gasteiger partial charge in [-0.15, -0.1) is 0 Å². The highest BCUT2D eigenvalue weighted by atomic mass is 19.1. The third kappa shape index (κ3) is 3.20. The molecule has 0 fully saturated rings. The number of rotatable bonds is 3. The van der Waals surface area contributed by atoms with E-state index < -0.39 is 41.4 Å². The van der Waals surface area contributed by atoms with Gasteiger partial charge >= 0.3 is 5.97 Å². The van der Waals surface area contributed by atoms with Crippen LogP contribution in [-0.4, -0.2) is 25.5 Å². The first-order valence-corrected chi connectivity index (χ1v) is 4.45. The normalized spacial score (nSPS) is 9.88. The van der Waals surface area contributed by atoms with Crippen molar-refractivity contribution in [3.05, 3.63) is 35.1 Å². The number of benzene rings is 1. The minimum Gasteiger partial charge on any atom is -0.468 e. The highest BCUT2D eigenvalue weighted by molar-refractivity contribution is 5.96. The fourth-order valence-corrected chi connectivity index (χ4v) is 1.07. The molecular formula is C10H8F3NO3. The number of hydrogen-bond acceptors (Lipinski definition) is 3. The van der Waals surface area contributed by atoms with Gasteiger partial charge < -0.3 is 10.1 Å². The number of hydrogen-bond donors (Lipinski definition) is 1. The van der Waals surface area contributed by atoms with Crippen LogP contribution in [0.5, 0.6) is 0 Å². The molecule has 1 aromatic rings. The number of methoxy groups -OCH3 is 1. The smallest absolute Gasteiger partial charge is 0.325 e. The van der Waals surface area contributed by atoms with Crippen LogP contribution in [0.2, 0.25) is 0 Å². The molecule has 17 heavy (non-hydrogen) atoms. The summed E-state index contributed by atoms with van der Waals surface area (Å²) in [6.07, 6.45) is 0. The van der Waals surface area contributed by atoms with E-state index in [1.807, 2.05) is 5.32 Å². The van der Waals surface area contributed by atoms with E-state index in [4.69, 9.17) is 0 Å². The zero-order valence-corrected chi connectivity index (χ0v) is 8.72. The van der Waals surface area contributed by atoms with Crippen LogP contribution in [0.25, 0.3) is 0 Å². The van der Waals surface area contributed by atoms with Crippen LogP contribution < -0.4 is 5.32 Å². The fraction of sp³-hybridized carbons (Fsp3) is 0.200. The lowest BCUT2D eigenvalue weighted by atomic mass is 10.2. The Morgan fingerprint density at radius 2 is 1.76 bits per heavy atom. The van der Waals surface area contributed by atoms with Crippen molar-refractivity contribution >= 4 is 11.9 Å². The van der Waals surface area contributed by atoms with Gasteiger partial charge in [-0.3, -0.25) is 9.59 Å². The van der Waals surface area contributed by atoms with Crippen LogP contribution in [0, 0.1) is 17.5 Å². The van der Waals surface area contributed by atoms with Crippen LogP contribution in [0.3, 0.4) is 0 Å². The Hall–Kier alpha value is -2.05. The second kappa shape index (κ2) is 5.33. The maximum Gasteiger partial charge on any atom is 0.325 e. The Bertz CT molecular complexity index is 439. The number of esters is 1. The first-order valence-electron chi connectivity index (χ1n) is 4.45. The summed E-state index contributed by atoms with van der Waals surface area (Å²) < 4.78 is 43.0. The fourth-order valence-electron chi connectivity index (χ4n) is 1.07. The Kier molecular flexibility index (Phi) is 4.08. The van der Waals surface area contributed by atoms with E-state index in [2.05, 4.69) is 4.74 Å². The quantitative estimate of drug-likeness (QED) is 0.811. The third-order valence-electron chi connectivity index (χ3n) is 1.85. The molecule has 0 saturated heterocycles. The van der Waals surface area contributed by atoms with Gasteiger partial charge in [-0.25, -0.2) is 13.2 Å². The van der Waals surface area contributed by atoms with Gasteiger partial charge in [0.15, 0.2) is 0 Å². The van der Waals surface area contributed by atoms with Crippen molar-refractivity contribution in [3.8, 4) is 0 Å². The van der Waals surface area contributed by atoms with Gasteiger partial charge in [0.1, 0.15) is 29.6 Å². The van der Waals surface area contributed by atoms with Crippen LogP contribution >= 0.6 is 0 Å². The molecule has 7 heteroatoms. The van der Waals surface area contributed by atoms with E-state index in [1.54, 1.807) is 0 Å². The highest BCUT2D eigenvalue weighted by Crippen LogP contribution is 2.14. The summed E-state index contributed by atoms with van der Waals surface area (Å²) in [5.74, 6) is -5.76. The minimum absolute atomic E-state index is 0.371. The van der Waals surface area contributed by atoms with E-state index >= 15 is 0 Å². The molecule has 0 aromatic heterocycles. The summed E-state index contributed by atoms with van der Waals surface area (Å²) in [7, 11) is 1.09. The molecule has 1 rings (SSSR count). The molecule has 0 radical (unpaired) electrons. The van der Waals surface area contributed by atoms with Gasteiger partial charge in [0.25, 0.3) is 5.91 Å². The van der Waals surface area contributed by atoms with Crippen LogP contribution in [0.1, 0.15) is 10.4 Å². The molecule has 1 N–H and O–H groups in total. The summed E-state index contributed by atoms with van der Waals surface area (Å²) in [6, 6.07) is 0.742. The second-order valence-corrected chi connectivity index (χ2v) is 3.00. The van der Waals surface area contributed by atoms with Gasteiger partial charge in [0.05, 0.1) is 7.11 Å². The molecule has 0 heterocycles. The molecule has 0 aliphatic heterocycles. The second-order valence-electron chi connectivity index (χ2n) is 3.00. The van der Waals surface area contributed by atoms with E-state index in [-0.39, 0.29) is 0 Å². The Morgan fingerprint density at radius 1 is 1.24 bits per heavy atom. The van der Waals surface area contributed by atoms with Crippen LogP contribution in [-0.2, 0) is 9.53 Å². The summed E-state index contributed by atoms with van der Waals surface area (Å²) in [6.45, 7) is -0.536. The lowest BCUT2D eigenvalue weighted by Gasteiger charge is -2.06. The molecule has 4 nitrogen and oxygen atoms in total. The van der Waals surface area contributed by atoms with Crippen molar-refractivity contribution in [3.63, 3.8) is 0 Å². The predicted octanol–water partition coefficient (Wildman–Crippen LogP) is 1.01. The molecule has 1 aromatic carbocycles. The maximum absolute atomic E-state index is 13.1. The molecular weight excluding hydrogens is 239 g/mol. The van der Waals surface area contributed by atoms with Gasteiger partial charge in [-0.2, -0.15) is 0 Å². The van der Waals surface area contributed by atoms with E-state index in [1.165, 1.54) is 0 Å². The average Bonchev–Trinajstić information content (AvgIpc) is 2.24. The summed E-state index contributed by atoms with van der Waals surface area (Å²) in [5.41, 5.74) is -0.949. The first-order chi connectivity index (χ1) is 7.95. The standard InChI is InChI=1S/C10H8F3NO3/c1-17-8(15)4-14-10(16)9-6(12)2-5(11)3-7(9)13/h2-3H,4H2,1H3,(H,14,16). The summed E-state index contributed by atoms with van der Waals surface area (Å²) in [4.78, 5) is 22.0. The number of ether oxygens (including phenoxy) is 1. The van der Waals surface area contributed by atoms with Gasteiger partial charge in [-0.1, -0.05) is 0 Å². The molecule has 0 aliphatic rings. The van der Waals surface area contributed by atoms with Crippen LogP contribution in [0.15, 0.2) is 12.1 Å². The summed E-state index contributed by atoms with van der Waals surface area (Å²) >= 11 is 0. The van der Waals surface area contributed by atoms with E-state index in [9.17, 15) is 22.8 Å². The predicted molar refractivity (Wildman–Crippen MR) is 50.7 cm³/mol. The molecule has 0 saturated carbocycles. The topological polar surface area (TPSA) is 55.4 Å². The number of carbonyl (C=O) groups is 2. The zero-order chi connectivity index (χ0) is 13.0. The SMILES string of the molecule is COC(=O)CNC(=O)c1c(F)cc(F)cc1F. The maximum atomic E-state index is 13.1. The van der Waals surface area contributed by atoms with Gasteiger partial charge in [0.2, 0.25) is 0 Å². The third-order valence-corrected chi connectivity index (χ3v) is 1.85. The molecule has 0 atom stereocenters. The monoisotopic (exact) mass is 247 g/mol. The lowest BCUT2D eigenvalue weighted by Crippen LogP contribution is -2.31. The zero-order valence-electron chi connectivity index (χ0n) is 8.72.